The highest BCUT2D eigenvalue weighted by Gasteiger charge is 2.15. The van der Waals surface area contributed by atoms with E-state index in [1.807, 2.05) is 60.7 Å². The van der Waals surface area contributed by atoms with Crippen LogP contribution >= 0.6 is 0 Å². The fourth-order valence-corrected chi connectivity index (χ4v) is 6.65. The summed E-state index contributed by atoms with van der Waals surface area (Å²) in [5, 5.41) is 3.53. The summed E-state index contributed by atoms with van der Waals surface area (Å²) in [6, 6.07) is 62.8. The van der Waals surface area contributed by atoms with Crippen LogP contribution in [0.4, 0.5) is 0 Å². The molecule has 0 spiro atoms. The van der Waals surface area contributed by atoms with Gasteiger partial charge in [-0.05, 0) is 28.3 Å². The Hall–Kier alpha value is -6.78. The predicted molar refractivity (Wildman–Crippen MR) is 205 cm³/mol. The molecule has 0 aliphatic rings. The minimum Gasteiger partial charge on any atom is -0.247 e. The van der Waals surface area contributed by atoms with E-state index in [2.05, 4.69) is 121 Å². The Labute approximate surface area is 290 Å². The van der Waals surface area contributed by atoms with Crippen molar-refractivity contribution in [2.24, 2.45) is 0 Å². The topological polar surface area (TPSA) is 51.6 Å². The molecule has 0 amide bonds. The lowest BCUT2D eigenvalue weighted by molar-refractivity contribution is 1.07. The molecular formula is C46H30N4. The summed E-state index contributed by atoms with van der Waals surface area (Å²) in [7, 11) is 0. The highest BCUT2D eigenvalue weighted by atomic mass is 15.0. The van der Waals surface area contributed by atoms with Gasteiger partial charge >= 0.3 is 0 Å². The van der Waals surface area contributed by atoms with Crippen LogP contribution in [0.3, 0.4) is 0 Å². The van der Waals surface area contributed by atoms with Crippen LogP contribution in [0.2, 0.25) is 0 Å². The molecule has 0 aliphatic heterocycles. The molecule has 0 saturated carbocycles. The van der Waals surface area contributed by atoms with Crippen molar-refractivity contribution in [1.82, 2.24) is 19.9 Å². The third-order valence-electron chi connectivity index (χ3n) is 9.14. The van der Waals surface area contributed by atoms with Gasteiger partial charge in [0.25, 0.3) is 0 Å². The van der Waals surface area contributed by atoms with Gasteiger partial charge in [0.05, 0.1) is 11.2 Å². The van der Waals surface area contributed by atoms with E-state index >= 15 is 0 Å². The first kappa shape index (κ1) is 29.4. The van der Waals surface area contributed by atoms with Gasteiger partial charge in [-0.1, -0.05) is 176 Å². The van der Waals surface area contributed by atoms with Crippen LogP contribution in [0.1, 0.15) is 0 Å². The first-order chi connectivity index (χ1) is 24.8. The molecule has 0 saturated heterocycles. The maximum atomic E-state index is 5.19. The molecule has 2 heterocycles. The van der Waals surface area contributed by atoms with E-state index in [0.29, 0.717) is 17.5 Å². The van der Waals surface area contributed by atoms with Gasteiger partial charge in [0.1, 0.15) is 0 Å². The van der Waals surface area contributed by atoms with Gasteiger partial charge in [0.2, 0.25) is 0 Å². The fraction of sp³-hybridized carbons (Fsp3) is 0. The van der Waals surface area contributed by atoms with E-state index < -0.39 is 0 Å². The fourth-order valence-electron chi connectivity index (χ4n) is 6.65. The summed E-state index contributed by atoms with van der Waals surface area (Å²) in [6.45, 7) is 0. The van der Waals surface area contributed by atoms with E-state index in [9.17, 15) is 0 Å². The Bertz CT molecular complexity index is 2540. The first-order valence-electron chi connectivity index (χ1n) is 16.7. The largest absolute Gasteiger partial charge is 0.247 e. The van der Waals surface area contributed by atoms with Gasteiger partial charge in [0.15, 0.2) is 17.5 Å². The number of rotatable bonds is 6. The van der Waals surface area contributed by atoms with Gasteiger partial charge in [-0.2, -0.15) is 0 Å². The van der Waals surface area contributed by atoms with Gasteiger partial charge in [-0.25, -0.2) is 19.9 Å². The number of nitrogens with zero attached hydrogens (tertiary/aromatic N) is 4. The van der Waals surface area contributed by atoms with E-state index in [0.717, 1.165) is 55.4 Å². The lowest BCUT2D eigenvalue weighted by Crippen LogP contribution is -2.00. The van der Waals surface area contributed by atoms with Crippen molar-refractivity contribution in [3.05, 3.63) is 182 Å². The third kappa shape index (κ3) is 5.49. The molecule has 0 atom stereocenters. The molecule has 0 bridgehead atoms. The minimum absolute atomic E-state index is 0.642. The second-order valence-electron chi connectivity index (χ2n) is 12.3. The van der Waals surface area contributed by atoms with Crippen LogP contribution in [0.25, 0.3) is 89.4 Å². The third-order valence-corrected chi connectivity index (χ3v) is 9.14. The lowest BCUT2D eigenvalue weighted by atomic mass is 9.92. The zero-order valence-electron chi connectivity index (χ0n) is 27.1. The maximum Gasteiger partial charge on any atom is 0.164 e. The second kappa shape index (κ2) is 12.7. The van der Waals surface area contributed by atoms with Crippen molar-refractivity contribution in [2.75, 3.05) is 0 Å². The van der Waals surface area contributed by atoms with E-state index in [1.54, 1.807) is 0 Å². The SMILES string of the molecule is c1ccc(-c2nc(-c3ccccc3)nc(-c3ccc(-c4ccc(-c5nc6ccccc6c6c(-c7ccccc7)cccc56)cc4)cc3)n2)cc1. The minimum atomic E-state index is 0.642. The zero-order chi connectivity index (χ0) is 33.3. The standard InChI is InChI=1S/C46H30N4/c1-4-13-33(14-5-1)38-20-12-21-40-42(38)39-19-10-11-22-41(39)47-43(40)34-27-23-31(24-28-34)32-25-29-37(30-26-32)46-49-44(35-15-6-2-7-16-35)48-45(50-46)36-17-8-3-9-18-36/h1-30H. The number of hydrogen-bond acceptors (Lipinski definition) is 4. The Morgan fingerprint density at radius 2 is 0.680 bits per heavy atom. The summed E-state index contributed by atoms with van der Waals surface area (Å²) in [6.07, 6.45) is 0. The molecule has 2 aromatic heterocycles. The molecule has 0 aliphatic carbocycles. The summed E-state index contributed by atoms with van der Waals surface area (Å²) >= 11 is 0. The maximum absolute atomic E-state index is 5.19. The first-order valence-corrected chi connectivity index (χ1v) is 16.7. The highest BCUT2D eigenvalue weighted by Crippen LogP contribution is 2.39. The average molecular weight is 639 g/mol. The molecule has 7 aromatic carbocycles. The molecule has 50 heavy (non-hydrogen) atoms. The normalized spacial score (nSPS) is 11.2. The predicted octanol–water partition coefficient (Wildman–Crippen LogP) is 11.6. The number of fused-ring (bicyclic) bond motifs is 3. The van der Waals surface area contributed by atoms with Crippen LogP contribution in [0.15, 0.2) is 182 Å². The summed E-state index contributed by atoms with van der Waals surface area (Å²) < 4.78 is 0. The van der Waals surface area contributed by atoms with Crippen molar-refractivity contribution in [1.29, 1.82) is 0 Å². The molecule has 0 unspecified atom stereocenters. The van der Waals surface area contributed by atoms with E-state index in [1.165, 1.54) is 16.5 Å². The number of hydrogen-bond donors (Lipinski definition) is 0. The Kier molecular flexibility index (Phi) is 7.45. The second-order valence-corrected chi connectivity index (χ2v) is 12.3. The molecule has 9 rings (SSSR count). The van der Waals surface area contributed by atoms with Gasteiger partial charge in [0, 0.05) is 38.4 Å². The van der Waals surface area contributed by atoms with Crippen LogP contribution in [0.5, 0.6) is 0 Å². The van der Waals surface area contributed by atoms with E-state index in [4.69, 9.17) is 19.9 Å². The molecule has 4 heteroatoms. The number of pyridine rings is 1. The average Bonchev–Trinajstić information content (AvgIpc) is 3.21. The van der Waals surface area contributed by atoms with Crippen LogP contribution in [-0.2, 0) is 0 Å². The van der Waals surface area contributed by atoms with Crippen LogP contribution in [0, 0.1) is 0 Å². The van der Waals surface area contributed by atoms with Gasteiger partial charge in [-0.15, -0.1) is 0 Å². The van der Waals surface area contributed by atoms with Crippen molar-refractivity contribution in [2.45, 2.75) is 0 Å². The monoisotopic (exact) mass is 638 g/mol. The van der Waals surface area contributed by atoms with Crippen molar-refractivity contribution >= 4 is 21.7 Å². The van der Waals surface area contributed by atoms with Crippen molar-refractivity contribution in [3.63, 3.8) is 0 Å². The van der Waals surface area contributed by atoms with E-state index in [-0.39, 0.29) is 0 Å². The molecule has 9 aromatic rings. The summed E-state index contributed by atoms with van der Waals surface area (Å²) in [5.41, 5.74) is 10.5. The smallest absolute Gasteiger partial charge is 0.164 e. The zero-order valence-corrected chi connectivity index (χ0v) is 27.1. The highest BCUT2D eigenvalue weighted by molar-refractivity contribution is 6.17. The molecule has 4 nitrogen and oxygen atoms in total. The molecule has 234 valence electrons. The molecule has 0 fully saturated rings. The number of aromatic nitrogens is 4. The van der Waals surface area contributed by atoms with Crippen LogP contribution < -0.4 is 0 Å². The molecular weight excluding hydrogens is 609 g/mol. The summed E-state index contributed by atoms with van der Waals surface area (Å²) in [4.78, 5) is 19.8. The quantitative estimate of drug-likeness (QED) is 0.170. The van der Waals surface area contributed by atoms with Crippen LogP contribution in [-0.4, -0.2) is 19.9 Å². The van der Waals surface area contributed by atoms with Gasteiger partial charge < -0.3 is 0 Å². The summed E-state index contributed by atoms with van der Waals surface area (Å²) in [5.74, 6) is 1.95. The number of benzene rings is 7. The Balaban J connectivity index is 1.08. The van der Waals surface area contributed by atoms with Crippen molar-refractivity contribution < 1.29 is 0 Å². The molecule has 0 radical (unpaired) electrons. The van der Waals surface area contributed by atoms with Crippen molar-refractivity contribution in [3.8, 4) is 67.7 Å². The Morgan fingerprint density at radius 1 is 0.260 bits per heavy atom. The Morgan fingerprint density at radius 3 is 1.24 bits per heavy atom. The molecule has 0 N–H and O–H groups in total. The number of para-hydroxylation sites is 1. The lowest BCUT2D eigenvalue weighted by Gasteiger charge is -2.14. The van der Waals surface area contributed by atoms with Gasteiger partial charge in [-0.3, -0.25) is 0 Å².